The molecule has 4 rings (SSSR count). The summed E-state index contributed by atoms with van der Waals surface area (Å²) in [6.45, 7) is 5.21. The average Bonchev–Trinajstić information content (AvgIpc) is 3.32. The Morgan fingerprint density at radius 1 is 1.07 bits per heavy atom. The van der Waals surface area contributed by atoms with Crippen molar-refractivity contribution in [1.82, 2.24) is 14.7 Å². The number of hydrogen-bond acceptors (Lipinski definition) is 5. The van der Waals surface area contributed by atoms with E-state index in [4.69, 9.17) is 10.2 Å². The number of aliphatic hydroxyl groups is 2. The van der Waals surface area contributed by atoms with E-state index in [-0.39, 0.29) is 67.4 Å². The van der Waals surface area contributed by atoms with Gasteiger partial charge in [0.15, 0.2) is 5.69 Å². The van der Waals surface area contributed by atoms with Crippen LogP contribution >= 0.6 is 0 Å². The van der Waals surface area contributed by atoms with E-state index in [1.807, 2.05) is 36.9 Å². The van der Waals surface area contributed by atoms with E-state index in [0.29, 0.717) is 30.9 Å². The Labute approximate surface area is 264 Å². The Hall–Kier alpha value is -2.56. The summed E-state index contributed by atoms with van der Waals surface area (Å²) in [5.41, 5.74) is 3.66. The normalized spacial score (nSPS) is 16.7. The van der Waals surface area contributed by atoms with Crippen LogP contribution in [0.15, 0.2) is 54.6 Å². The number of carbonyl (C=O) groups excluding carboxylic acids is 1. The van der Waals surface area contributed by atoms with Gasteiger partial charge in [0, 0.05) is 30.3 Å². The number of nitrogens with zero attached hydrogens (tertiary/aromatic N) is 3. The van der Waals surface area contributed by atoms with Crippen LogP contribution in [0.3, 0.4) is 0 Å². The summed E-state index contributed by atoms with van der Waals surface area (Å²) in [5, 5.41) is 34.2. The molecule has 1 fully saturated rings. The van der Waals surface area contributed by atoms with Gasteiger partial charge in [0.05, 0.1) is 24.3 Å². The molecule has 1 saturated heterocycles. The van der Waals surface area contributed by atoms with Crippen LogP contribution < -0.4 is 29.6 Å². The number of carboxylic acids is 1. The van der Waals surface area contributed by atoms with Gasteiger partial charge in [-0.2, -0.15) is 5.10 Å². The number of amides is 1. The minimum atomic E-state index is -1.16. The van der Waals surface area contributed by atoms with E-state index in [0.717, 1.165) is 24.1 Å². The predicted molar refractivity (Wildman–Crippen MR) is 150 cm³/mol. The summed E-state index contributed by atoms with van der Waals surface area (Å²) in [6, 6.07) is 16.1. The smallest absolute Gasteiger partial charge is 1.00 e. The van der Waals surface area contributed by atoms with Crippen molar-refractivity contribution in [2.75, 3.05) is 13.1 Å². The molecule has 2 aromatic carbocycles. The van der Waals surface area contributed by atoms with Crippen molar-refractivity contribution in [2.24, 2.45) is 0 Å². The molecule has 0 saturated carbocycles. The second kappa shape index (κ2) is 15.1. The zero-order valence-electron chi connectivity index (χ0n) is 25.0. The second-order valence-corrected chi connectivity index (χ2v) is 10.9. The predicted octanol–water partition coefficient (Wildman–Crippen LogP) is 1.79. The van der Waals surface area contributed by atoms with Crippen LogP contribution in [-0.4, -0.2) is 67.2 Å². The zero-order chi connectivity index (χ0) is 28.8. The second-order valence-electron chi connectivity index (χ2n) is 10.9. The maximum absolute atomic E-state index is 14.0. The van der Waals surface area contributed by atoms with Crippen molar-refractivity contribution in [3.8, 4) is 5.69 Å². The molecule has 3 atom stereocenters. The minimum Gasteiger partial charge on any atom is -1.00 e. The molecule has 41 heavy (non-hydrogen) atoms. The van der Waals surface area contributed by atoms with Crippen molar-refractivity contribution >= 4 is 11.9 Å². The molecule has 3 N–H and O–H groups in total. The first-order chi connectivity index (χ1) is 19.1. The zero-order valence-corrected chi connectivity index (χ0v) is 26.0. The number of rotatable bonds is 11. The van der Waals surface area contributed by atoms with Crippen molar-refractivity contribution in [1.29, 1.82) is 0 Å². The van der Waals surface area contributed by atoms with Gasteiger partial charge in [-0.05, 0) is 67.9 Å². The third kappa shape index (κ3) is 8.49. The number of carbonyl (C=O) groups is 2. The summed E-state index contributed by atoms with van der Waals surface area (Å²) in [4.78, 5) is 26.8. The largest absolute Gasteiger partial charge is 1.00 e. The van der Waals surface area contributed by atoms with Gasteiger partial charge in [-0.1, -0.05) is 44.2 Å². The van der Waals surface area contributed by atoms with Gasteiger partial charge in [-0.25, -0.2) is 9.07 Å². The molecule has 1 aliphatic heterocycles. The fourth-order valence-electron chi connectivity index (χ4n) is 5.59. The number of aliphatic hydroxyl groups excluding tert-OH is 2. The Kier molecular flexibility index (Phi) is 12.1. The molecule has 1 amide bonds. The average molecular weight is 576 g/mol. The Morgan fingerprint density at radius 3 is 2.39 bits per heavy atom. The fraction of sp³-hybridized carbons (Fsp3) is 0.452. The molecule has 0 spiro atoms. The Bertz CT molecular complexity index is 1310. The number of benzene rings is 2. The summed E-state index contributed by atoms with van der Waals surface area (Å²) < 4.78 is 15.4. The first-order valence-corrected chi connectivity index (χ1v) is 13.9. The SMILES string of the molecule is CC(C)c1c(C(=O)N2CCCC(c3ccccc3)C2)nn(-c2ccc(F)cc2)c1CC[C@@H](O)C[C@@H](O)CC(=O)O.[H-].[Na+]. The molecule has 1 aromatic heterocycles. The van der Waals surface area contributed by atoms with E-state index >= 15 is 0 Å². The van der Waals surface area contributed by atoms with Crippen molar-refractivity contribution < 1.29 is 60.3 Å². The number of carboxylic acid groups (broad SMARTS) is 1. The summed E-state index contributed by atoms with van der Waals surface area (Å²) in [5.74, 6) is -1.49. The summed E-state index contributed by atoms with van der Waals surface area (Å²) in [7, 11) is 0. The maximum Gasteiger partial charge on any atom is 1.00 e. The molecule has 1 aliphatic rings. The molecule has 0 aliphatic carbocycles. The number of likely N-dealkylation sites (tertiary alicyclic amines) is 1. The monoisotopic (exact) mass is 575 g/mol. The summed E-state index contributed by atoms with van der Waals surface area (Å²) in [6.07, 6.45) is -0.166. The minimum absolute atomic E-state index is 0. The van der Waals surface area contributed by atoms with E-state index < -0.39 is 24.6 Å². The Balaban J connectivity index is 0.00000308. The first-order valence-electron chi connectivity index (χ1n) is 13.9. The molecule has 8 nitrogen and oxygen atoms in total. The molecule has 3 aromatic rings. The molecule has 2 heterocycles. The fourth-order valence-corrected chi connectivity index (χ4v) is 5.59. The number of halogens is 1. The standard InChI is InChI=1S/C31H38FN3O5.Na.H/c1-20(2)29-27(15-14-25(36)17-26(37)18-28(38)39)35(24-12-10-23(32)11-13-24)33-30(29)31(40)34-16-6-9-22(19-34)21-7-4-3-5-8-21;;/h3-5,7-8,10-13,20,22,25-26,36-37H,6,9,14-19H2,1-2H3,(H,38,39);;/q;+1;-1/t22?,25-,26-;;/m1../s1. The van der Waals surface area contributed by atoms with Crippen LogP contribution in [0.2, 0.25) is 0 Å². The topological polar surface area (TPSA) is 116 Å². The van der Waals surface area contributed by atoms with Crippen molar-refractivity contribution in [3.63, 3.8) is 0 Å². The van der Waals surface area contributed by atoms with Crippen molar-refractivity contribution in [3.05, 3.63) is 82.9 Å². The number of hydrogen-bond donors (Lipinski definition) is 3. The van der Waals surface area contributed by atoms with Gasteiger partial charge in [-0.3, -0.25) is 9.59 Å². The van der Waals surface area contributed by atoms with Crippen LogP contribution in [0.5, 0.6) is 0 Å². The number of aliphatic carboxylic acids is 1. The van der Waals surface area contributed by atoms with E-state index in [2.05, 4.69) is 12.1 Å². The van der Waals surface area contributed by atoms with E-state index in [1.165, 1.54) is 17.7 Å². The maximum atomic E-state index is 14.0. The number of aromatic nitrogens is 2. The molecular weight excluding hydrogens is 536 g/mol. The molecule has 216 valence electrons. The Morgan fingerprint density at radius 2 is 1.76 bits per heavy atom. The van der Waals surface area contributed by atoms with Gasteiger partial charge >= 0.3 is 35.5 Å². The van der Waals surface area contributed by atoms with Crippen LogP contribution in [0.25, 0.3) is 5.69 Å². The van der Waals surface area contributed by atoms with Gasteiger partial charge in [0.1, 0.15) is 5.82 Å². The summed E-state index contributed by atoms with van der Waals surface area (Å²) >= 11 is 0. The van der Waals surface area contributed by atoms with Crippen LogP contribution in [-0.2, 0) is 11.2 Å². The van der Waals surface area contributed by atoms with Gasteiger partial charge in [0.2, 0.25) is 0 Å². The van der Waals surface area contributed by atoms with E-state index in [1.54, 1.807) is 16.8 Å². The molecule has 10 heteroatoms. The van der Waals surface area contributed by atoms with Crippen molar-refractivity contribution in [2.45, 2.75) is 76.4 Å². The molecule has 1 unspecified atom stereocenters. The molecule has 0 radical (unpaired) electrons. The van der Waals surface area contributed by atoms with Gasteiger partial charge in [0.25, 0.3) is 5.91 Å². The first kappa shape index (κ1) is 32.9. The molecule has 0 bridgehead atoms. The van der Waals surface area contributed by atoms with Gasteiger partial charge in [-0.15, -0.1) is 0 Å². The van der Waals surface area contributed by atoms with Crippen LogP contribution in [0, 0.1) is 5.82 Å². The van der Waals surface area contributed by atoms with E-state index in [9.17, 15) is 24.2 Å². The van der Waals surface area contributed by atoms with Gasteiger partial charge < -0.3 is 21.6 Å². The number of piperidine rings is 1. The molecular formula is C31H39FN3NaO5. The van der Waals surface area contributed by atoms with Crippen LogP contribution in [0.1, 0.15) is 86.5 Å². The third-order valence-corrected chi connectivity index (χ3v) is 7.52. The van der Waals surface area contributed by atoms with Crippen LogP contribution in [0.4, 0.5) is 4.39 Å². The third-order valence-electron chi connectivity index (χ3n) is 7.52. The quantitative estimate of drug-likeness (QED) is 0.301.